The van der Waals surface area contributed by atoms with Crippen molar-refractivity contribution < 1.29 is 9.90 Å². The third-order valence-electron chi connectivity index (χ3n) is 2.34. The van der Waals surface area contributed by atoms with Gasteiger partial charge in [0.15, 0.2) is 0 Å². The number of aromatic hydroxyl groups is 1. The van der Waals surface area contributed by atoms with Crippen molar-refractivity contribution in [3.63, 3.8) is 0 Å². The molecule has 1 aromatic carbocycles. The molecule has 0 aromatic heterocycles. The first-order chi connectivity index (χ1) is 8.04. The van der Waals surface area contributed by atoms with E-state index in [4.69, 9.17) is 0 Å². The zero-order valence-electron chi connectivity index (χ0n) is 9.87. The van der Waals surface area contributed by atoms with Crippen LogP contribution in [0.3, 0.4) is 0 Å². The van der Waals surface area contributed by atoms with E-state index in [9.17, 15) is 9.90 Å². The fraction of sp³-hybridized carbons (Fsp3) is 0.417. The summed E-state index contributed by atoms with van der Waals surface area (Å²) < 4.78 is 0.933. The average molecular weight is 365 g/mol. The van der Waals surface area contributed by atoms with E-state index in [0.29, 0.717) is 5.56 Å². The van der Waals surface area contributed by atoms with Gasteiger partial charge in [-0.25, -0.2) is 0 Å². The largest absolute Gasteiger partial charge is 0.507 e. The highest BCUT2D eigenvalue weighted by Crippen LogP contribution is 2.19. The minimum absolute atomic E-state index is 0.0278. The lowest BCUT2D eigenvalue weighted by Crippen LogP contribution is -2.33. The van der Waals surface area contributed by atoms with Crippen molar-refractivity contribution >= 4 is 40.3 Å². The first-order valence-electron chi connectivity index (χ1n) is 5.33. The van der Waals surface area contributed by atoms with Crippen LogP contribution in [-0.2, 0) is 0 Å². The van der Waals surface area contributed by atoms with E-state index in [0.717, 1.165) is 15.7 Å². The van der Waals surface area contributed by atoms with Gasteiger partial charge < -0.3 is 10.4 Å². The van der Waals surface area contributed by atoms with E-state index in [1.54, 1.807) is 30.0 Å². The molecule has 1 amide bonds. The van der Waals surface area contributed by atoms with Gasteiger partial charge in [-0.3, -0.25) is 4.79 Å². The number of halogens is 1. The number of hydrogen-bond donors (Lipinski definition) is 2. The maximum Gasteiger partial charge on any atom is 0.255 e. The number of phenols is 1. The maximum atomic E-state index is 11.9. The third kappa shape index (κ3) is 4.75. The van der Waals surface area contributed by atoms with Crippen molar-refractivity contribution in [3.8, 4) is 5.75 Å². The Hall–Kier alpha value is -0.430. The molecule has 0 fully saturated rings. The van der Waals surface area contributed by atoms with Gasteiger partial charge in [0.2, 0.25) is 0 Å². The molecule has 17 heavy (non-hydrogen) atoms. The molecular weight excluding hydrogens is 349 g/mol. The van der Waals surface area contributed by atoms with Gasteiger partial charge in [0.1, 0.15) is 5.75 Å². The summed E-state index contributed by atoms with van der Waals surface area (Å²) in [5, 5.41) is 12.5. The van der Waals surface area contributed by atoms with E-state index in [1.165, 1.54) is 0 Å². The van der Waals surface area contributed by atoms with E-state index >= 15 is 0 Å². The number of thioether (sulfide) groups is 1. The predicted molar refractivity (Wildman–Crippen MR) is 80.8 cm³/mol. The van der Waals surface area contributed by atoms with Crippen LogP contribution < -0.4 is 5.32 Å². The van der Waals surface area contributed by atoms with Gasteiger partial charge in [-0.2, -0.15) is 11.8 Å². The number of rotatable bonds is 5. The topological polar surface area (TPSA) is 49.3 Å². The third-order valence-corrected chi connectivity index (χ3v) is 3.65. The number of amides is 1. The molecule has 0 saturated carbocycles. The standard InChI is InChI=1S/C12H16INO2S/c1-8(5-6-17-2)14-12(16)10-7-9(13)3-4-11(10)15/h3-4,7-8,15H,5-6H2,1-2H3,(H,14,16). The Balaban J connectivity index is 2.66. The number of nitrogens with one attached hydrogen (secondary N) is 1. The van der Waals surface area contributed by atoms with Crippen molar-refractivity contribution in [2.75, 3.05) is 12.0 Å². The molecule has 0 spiro atoms. The molecule has 0 saturated heterocycles. The molecule has 0 aliphatic carbocycles. The summed E-state index contributed by atoms with van der Waals surface area (Å²) in [7, 11) is 0. The minimum atomic E-state index is -0.213. The van der Waals surface area contributed by atoms with Gasteiger partial charge in [-0.05, 0) is 66.1 Å². The van der Waals surface area contributed by atoms with Crippen molar-refractivity contribution in [1.82, 2.24) is 5.32 Å². The molecular formula is C12H16INO2S. The summed E-state index contributed by atoms with van der Waals surface area (Å²) in [6.07, 6.45) is 2.97. The molecule has 2 N–H and O–H groups in total. The smallest absolute Gasteiger partial charge is 0.255 e. The van der Waals surface area contributed by atoms with Gasteiger partial charge in [0, 0.05) is 9.61 Å². The Bertz CT molecular complexity index is 398. The molecule has 0 heterocycles. The number of carbonyl (C=O) groups is 1. The number of hydrogen-bond acceptors (Lipinski definition) is 3. The summed E-state index contributed by atoms with van der Waals surface area (Å²) in [5.41, 5.74) is 0.341. The van der Waals surface area contributed by atoms with Crippen LogP contribution in [0.25, 0.3) is 0 Å². The molecule has 0 bridgehead atoms. The fourth-order valence-electron chi connectivity index (χ4n) is 1.36. The van der Waals surface area contributed by atoms with Crippen LogP contribution in [0.15, 0.2) is 18.2 Å². The highest BCUT2D eigenvalue weighted by molar-refractivity contribution is 14.1. The van der Waals surface area contributed by atoms with Crippen molar-refractivity contribution in [2.24, 2.45) is 0 Å². The van der Waals surface area contributed by atoms with E-state index < -0.39 is 0 Å². The molecule has 0 radical (unpaired) electrons. The number of phenolic OH excluding ortho intramolecular Hbond substituents is 1. The molecule has 0 aliphatic heterocycles. The first-order valence-corrected chi connectivity index (χ1v) is 7.80. The normalized spacial score (nSPS) is 12.2. The van der Waals surface area contributed by atoms with Crippen LogP contribution in [0.1, 0.15) is 23.7 Å². The van der Waals surface area contributed by atoms with Crippen LogP contribution in [0.2, 0.25) is 0 Å². The summed E-state index contributed by atoms with van der Waals surface area (Å²) in [5.74, 6) is 0.828. The highest BCUT2D eigenvalue weighted by Gasteiger charge is 2.13. The van der Waals surface area contributed by atoms with Crippen molar-refractivity contribution in [3.05, 3.63) is 27.3 Å². The number of carbonyl (C=O) groups excluding carboxylic acids is 1. The zero-order valence-corrected chi connectivity index (χ0v) is 12.8. The monoisotopic (exact) mass is 365 g/mol. The van der Waals surface area contributed by atoms with Crippen LogP contribution in [0.5, 0.6) is 5.75 Å². The summed E-state index contributed by atoms with van der Waals surface area (Å²) in [6.45, 7) is 1.97. The average Bonchev–Trinajstić information content (AvgIpc) is 2.29. The Morgan fingerprint density at radius 1 is 1.59 bits per heavy atom. The second-order valence-corrected chi connectivity index (χ2v) is 6.05. The fourth-order valence-corrected chi connectivity index (χ4v) is 2.44. The number of benzene rings is 1. The molecule has 5 heteroatoms. The summed E-state index contributed by atoms with van der Waals surface area (Å²) in [4.78, 5) is 11.9. The Kier molecular flexibility index (Phi) is 6.11. The van der Waals surface area contributed by atoms with Gasteiger partial charge in [-0.1, -0.05) is 0 Å². The molecule has 1 unspecified atom stereocenters. The second kappa shape index (κ2) is 7.10. The quantitative estimate of drug-likeness (QED) is 0.789. The molecule has 1 aromatic rings. The molecule has 94 valence electrons. The minimum Gasteiger partial charge on any atom is -0.507 e. The Labute approximate surface area is 120 Å². The first kappa shape index (κ1) is 14.6. The van der Waals surface area contributed by atoms with Gasteiger partial charge >= 0.3 is 0 Å². The van der Waals surface area contributed by atoms with Gasteiger partial charge in [-0.15, -0.1) is 0 Å². The second-order valence-electron chi connectivity index (χ2n) is 3.82. The molecule has 0 aliphatic rings. The van der Waals surface area contributed by atoms with Crippen molar-refractivity contribution in [1.29, 1.82) is 0 Å². The zero-order chi connectivity index (χ0) is 12.8. The molecule has 1 atom stereocenters. The van der Waals surface area contributed by atoms with Crippen LogP contribution >= 0.6 is 34.4 Å². The highest BCUT2D eigenvalue weighted by atomic mass is 127. The van der Waals surface area contributed by atoms with Crippen molar-refractivity contribution in [2.45, 2.75) is 19.4 Å². The molecule has 1 rings (SSSR count). The van der Waals surface area contributed by atoms with Crippen LogP contribution in [0.4, 0.5) is 0 Å². The van der Waals surface area contributed by atoms with E-state index in [-0.39, 0.29) is 17.7 Å². The van der Waals surface area contributed by atoms with Gasteiger partial charge in [0.25, 0.3) is 5.91 Å². The van der Waals surface area contributed by atoms with Crippen LogP contribution in [0, 0.1) is 3.57 Å². The summed E-state index contributed by atoms with van der Waals surface area (Å²) in [6, 6.07) is 5.12. The van der Waals surface area contributed by atoms with E-state index in [2.05, 4.69) is 27.9 Å². The lowest BCUT2D eigenvalue weighted by Gasteiger charge is -2.14. The van der Waals surface area contributed by atoms with Crippen LogP contribution in [-0.4, -0.2) is 29.1 Å². The lowest BCUT2D eigenvalue weighted by molar-refractivity contribution is 0.0937. The summed E-state index contributed by atoms with van der Waals surface area (Å²) >= 11 is 3.87. The predicted octanol–water partition coefficient (Wildman–Crippen LogP) is 2.87. The van der Waals surface area contributed by atoms with E-state index in [1.807, 2.05) is 13.2 Å². The SMILES string of the molecule is CSCCC(C)NC(=O)c1cc(I)ccc1O. The maximum absolute atomic E-state index is 11.9. The Morgan fingerprint density at radius 3 is 2.94 bits per heavy atom. The van der Waals surface area contributed by atoms with Gasteiger partial charge in [0.05, 0.1) is 5.56 Å². The Morgan fingerprint density at radius 2 is 2.29 bits per heavy atom. The molecule has 3 nitrogen and oxygen atoms in total. The lowest BCUT2D eigenvalue weighted by atomic mass is 10.1.